The maximum atomic E-state index is 13.8. The molecule has 0 aliphatic carbocycles. The van der Waals surface area contributed by atoms with E-state index in [1.807, 2.05) is 24.0 Å². The van der Waals surface area contributed by atoms with Crippen LogP contribution in [0.25, 0.3) is 0 Å². The molecule has 2 aromatic rings. The smallest absolute Gasteiger partial charge is 0.143 e. The first-order chi connectivity index (χ1) is 9.70. The van der Waals surface area contributed by atoms with Crippen molar-refractivity contribution in [1.29, 1.82) is 5.26 Å². The van der Waals surface area contributed by atoms with Gasteiger partial charge in [0, 0.05) is 12.6 Å². The maximum Gasteiger partial charge on any atom is 0.143 e. The van der Waals surface area contributed by atoms with E-state index >= 15 is 0 Å². The van der Waals surface area contributed by atoms with Crippen LogP contribution in [0, 0.1) is 24.1 Å². The lowest BCUT2D eigenvalue weighted by atomic mass is 10.1. The van der Waals surface area contributed by atoms with Gasteiger partial charge in [0.1, 0.15) is 28.9 Å². The summed E-state index contributed by atoms with van der Waals surface area (Å²) in [5, 5.41) is 13.2. The molecular formula is C15H14FN3O. The standard InChI is InChI=1S/C15H14FN3O/c1-10-8-13(18-20-10)15-6-3-7-19(15)14-5-2-4-12(16)11(14)9-17/h2,4-5,8,15H,3,6-7H2,1H3/t15-/m0/s1. The predicted octanol–water partition coefficient (Wildman–Crippen LogP) is 3.34. The van der Waals surface area contributed by atoms with Crippen molar-refractivity contribution in [3.8, 4) is 6.07 Å². The molecule has 0 bridgehead atoms. The van der Waals surface area contributed by atoms with Crippen LogP contribution in [0.2, 0.25) is 0 Å². The number of aryl methyl sites for hydroxylation is 1. The van der Waals surface area contributed by atoms with E-state index in [1.165, 1.54) is 6.07 Å². The first kappa shape index (κ1) is 12.7. The molecule has 0 unspecified atom stereocenters. The van der Waals surface area contributed by atoms with E-state index in [2.05, 4.69) is 5.16 Å². The Labute approximate surface area is 116 Å². The maximum absolute atomic E-state index is 13.8. The van der Waals surface area contributed by atoms with Gasteiger partial charge in [0.15, 0.2) is 0 Å². The molecule has 0 saturated carbocycles. The summed E-state index contributed by atoms with van der Waals surface area (Å²) in [7, 11) is 0. The second kappa shape index (κ2) is 4.97. The Morgan fingerprint density at radius 3 is 3.05 bits per heavy atom. The lowest BCUT2D eigenvalue weighted by molar-refractivity contribution is 0.385. The normalized spacial score (nSPS) is 18.2. The molecule has 102 valence electrons. The van der Waals surface area contributed by atoms with Gasteiger partial charge in [-0.15, -0.1) is 0 Å². The summed E-state index contributed by atoms with van der Waals surface area (Å²) in [6, 6.07) is 8.63. The molecule has 1 aliphatic heterocycles. The van der Waals surface area contributed by atoms with Gasteiger partial charge in [0.2, 0.25) is 0 Å². The number of anilines is 1. The fraction of sp³-hybridized carbons (Fsp3) is 0.333. The Bertz CT molecular complexity index is 674. The Balaban J connectivity index is 2.01. The molecule has 1 aliphatic rings. The molecule has 1 aromatic carbocycles. The summed E-state index contributed by atoms with van der Waals surface area (Å²) < 4.78 is 18.9. The van der Waals surface area contributed by atoms with Gasteiger partial charge in [-0.3, -0.25) is 0 Å². The molecule has 0 radical (unpaired) electrons. The highest BCUT2D eigenvalue weighted by molar-refractivity contribution is 5.61. The highest BCUT2D eigenvalue weighted by Crippen LogP contribution is 2.37. The second-order valence-corrected chi connectivity index (χ2v) is 4.96. The zero-order valence-electron chi connectivity index (χ0n) is 11.1. The van der Waals surface area contributed by atoms with Crippen molar-refractivity contribution in [2.45, 2.75) is 25.8 Å². The van der Waals surface area contributed by atoms with Crippen molar-refractivity contribution in [2.75, 3.05) is 11.4 Å². The van der Waals surface area contributed by atoms with E-state index in [0.29, 0.717) is 5.69 Å². The van der Waals surface area contributed by atoms with Crippen LogP contribution in [-0.2, 0) is 0 Å². The third-order valence-electron chi connectivity index (χ3n) is 3.65. The van der Waals surface area contributed by atoms with E-state index in [4.69, 9.17) is 9.78 Å². The minimum atomic E-state index is -0.480. The van der Waals surface area contributed by atoms with Crippen LogP contribution in [0.5, 0.6) is 0 Å². The van der Waals surface area contributed by atoms with Gasteiger partial charge in [-0.1, -0.05) is 11.2 Å². The van der Waals surface area contributed by atoms with Crippen molar-refractivity contribution in [2.24, 2.45) is 0 Å². The fourth-order valence-corrected chi connectivity index (χ4v) is 2.77. The molecule has 1 saturated heterocycles. The summed E-state index contributed by atoms with van der Waals surface area (Å²) in [5.41, 5.74) is 1.57. The zero-order valence-corrected chi connectivity index (χ0v) is 11.1. The number of nitrogens with zero attached hydrogens (tertiary/aromatic N) is 3. The summed E-state index contributed by atoms with van der Waals surface area (Å²) in [5.74, 6) is 0.276. The molecular weight excluding hydrogens is 257 g/mol. The number of nitriles is 1. The SMILES string of the molecule is Cc1cc([C@@H]2CCCN2c2cccc(F)c2C#N)no1. The quantitative estimate of drug-likeness (QED) is 0.840. The molecule has 0 amide bonds. The van der Waals surface area contributed by atoms with Crippen LogP contribution in [0.15, 0.2) is 28.8 Å². The van der Waals surface area contributed by atoms with Crippen LogP contribution in [0.4, 0.5) is 10.1 Å². The molecule has 1 fully saturated rings. The van der Waals surface area contributed by atoms with Gasteiger partial charge in [-0.25, -0.2) is 4.39 Å². The number of rotatable bonds is 2. The second-order valence-electron chi connectivity index (χ2n) is 4.96. The van der Waals surface area contributed by atoms with Gasteiger partial charge in [0.05, 0.1) is 11.7 Å². The molecule has 0 spiro atoms. The van der Waals surface area contributed by atoms with Crippen molar-refractivity contribution >= 4 is 5.69 Å². The Morgan fingerprint density at radius 2 is 2.35 bits per heavy atom. The first-order valence-corrected chi connectivity index (χ1v) is 6.59. The fourth-order valence-electron chi connectivity index (χ4n) is 2.77. The average Bonchev–Trinajstić information content (AvgIpc) is 3.06. The Kier molecular flexibility index (Phi) is 3.15. The number of aromatic nitrogens is 1. The molecule has 2 heterocycles. The lowest BCUT2D eigenvalue weighted by Gasteiger charge is -2.26. The molecule has 4 nitrogen and oxygen atoms in total. The van der Waals surface area contributed by atoms with E-state index in [-0.39, 0.29) is 11.6 Å². The van der Waals surface area contributed by atoms with Crippen LogP contribution in [0.1, 0.15) is 35.9 Å². The van der Waals surface area contributed by atoms with E-state index in [1.54, 1.807) is 12.1 Å². The van der Waals surface area contributed by atoms with Crippen LogP contribution in [0.3, 0.4) is 0 Å². The topological polar surface area (TPSA) is 53.1 Å². The van der Waals surface area contributed by atoms with Crippen molar-refractivity contribution < 1.29 is 8.91 Å². The van der Waals surface area contributed by atoms with Crippen LogP contribution >= 0.6 is 0 Å². The Morgan fingerprint density at radius 1 is 1.50 bits per heavy atom. The monoisotopic (exact) mass is 271 g/mol. The van der Waals surface area contributed by atoms with Gasteiger partial charge < -0.3 is 9.42 Å². The number of hydrogen-bond acceptors (Lipinski definition) is 4. The third-order valence-corrected chi connectivity index (χ3v) is 3.65. The van der Waals surface area contributed by atoms with E-state index in [9.17, 15) is 4.39 Å². The van der Waals surface area contributed by atoms with E-state index < -0.39 is 5.82 Å². The van der Waals surface area contributed by atoms with E-state index in [0.717, 1.165) is 30.8 Å². The highest BCUT2D eigenvalue weighted by Gasteiger charge is 2.30. The van der Waals surface area contributed by atoms with Crippen LogP contribution < -0.4 is 4.90 Å². The van der Waals surface area contributed by atoms with Gasteiger partial charge in [0.25, 0.3) is 0 Å². The van der Waals surface area contributed by atoms with Gasteiger partial charge >= 0.3 is 0 Å². The molecule has 0 N–H and O–H groups in total. The number of benzene rings is 1. The molecule has 3 rings (SSSR count). The lowest BCUT2D eigenvalue weighted by Crippen LogP contribution is -2.24. The summed E-state index contributed by atoms with van der Waals surface area (Å²) in [6.45, 7) is 2.63. The van der Waals surface area contributed by atoms with Gasteiger partial charge in [-0.05, 0) is 31.9 Å². The van der Waals surface area contributed by atoms with Crippen LogP contribution in [-0.4, -0.2) is 11.7 Å². The third kappa shape index (κ3) is 2.03. The minimum Gasteiger partial charge on any atom is -0.362 e. The van der Waals surface area contributed by atoms with Crippen molar-refractivity contribution in [3.05, 3.63) is 47.1 Å². The molecule has 5 heteroatoms. The minimum absolute atomic E-state index is 0.0429. The molecule has 1 aromatic heterocycles. The first-order valence-electron chi connectivity index (χ1n) is 6.59. The highest BCUT2D eigenvalue weighted by atomic mass is 19.1. The average molecular weight is 271 g/mol. The molecule has 20 heavy (non-hydrogen) atoms. The zero-order chi connectivity index (χ0) is 14.1. The van der Waals surface area contributed by atoms with Crippen molar-refractivity contribution in [1.82, 2.24) is 5.16 Å². The summed E-state index contributed by atoms with van der Waals surface area (Å²) in [4.78, 5) is 2.04. The Hall–Kier alpha value is -2.35. The van der Waals surface area contributed by atoms with Gasteiger partial charge in [-0.2, -0.15) is 5.26 Å². The summed E-state index contributed by atoms with van der Waals surface area (Å²) in [6.07, 6.45) is 1.91. The van der Waals surface area contributed by atoms with Crippen molar-refractivity contribution in [3.63, 3.8) is 0 Å². The predicted molar refractivity (Wildman–Crippen MR) is 71.7 cm³/mol. The largest absolute Gasteiger partial charge is 0.362 e. The summed E-state index contributed by atoms with van der Waals surface area (Å²) >= 11 is 0. The number of halogens is 1. The molecule has 1 atom stereocenters. The number of hydrogen-bond donors (Lipinski definition) is 0.